The van der Waals surface area contributed by atoms with E-state index in [1.54, 1.807) is 7.11 Å². The van der Waals surface area contributed by atoms with Gasteiger partial charge >= 0.3 is 6.03 Å². The summed E-state index contributed by atoms with van der Waals surface area (Å²) in [6.45, 7) is 0. The Morgan fingerprint density at radius 1 is 1.50 bits per heavy atom. The van der Waals surface area contributed by atoms with E-state index in [0.29, 0.717) is 0 Å². The third-order valence-electron chi connectivity index (χ3n) is 3.45. The number of nitrogens with two attached hydrogens (primary N) is 1. The van der Waals surface area contributed by atoms with Crippen LogP contribution in [0.4, 0.5) is 4.79 Å². The van der Waals surface area contributed by atoms with Gasteiger partial charge in [-0.2, -0.15) is 0 Å². The van der Waals surface area contributed by atoms with Crippen LogP contribution in [0.3, 0.4) is 0 Å². The fraction of sp³-hybridized carbons (Fsp3) is 0.308. The van der Waals surface area contributed by atoms with Crippen LogP contribution in [-0.4, -0.2) is 24.2 Å². The van der Waals surface area contributed by atoms with E-state index in [4.69, 9.17) is 10.5 Å². The smallest absolute Gasteiger partial charge is 0.312 e. The van der Waals surface area contributed by atoms with E-state index in [9.17, 15) is 4.79 Å². The topological polar surface area (TPSA) is 80.1 Å². The summed E-state index contributed by atoms with van der Waals surface area (Å²) in [4.78, 5) is 14.3. The van der Waals surface area contributed by atoms with Crippen LogP contribution in [0.25, 0.3) is 10.9 Å². The highest BCUT2D eigenvalue weighted by Crippen LogP contribution is 2.32. The molecular weight excluding hydrogens is 230 g/mol. The van der Waals surface area contributed by atoms with Gasteiger partial charge in [-0.3, -0.25) is 0 Å². The molecule has 4 N–H and O–H groups in total. The van der Waals surface area contributed by atoms with Gasteiger partial charge in [0.1, 0.15) is 5.75 Å². The van der Waals surface area contributed by atoms with Gasteiger partial charge in [0.2, 0.25) is 0 Å². The fourth-order valence-corrected chi connectivity index (χ4v) is 2.69. The number of amides is 2. The lowest BCUT2D eigenvalue weighted by Crippen LogP contribution is -2.39. The van der Waals surface area contributed by atoms with Gasteiger partial charge in [-0.25, -0.2) is 4.79 Å². The molecule has 94 valence electrons. The summed E-state index contributed by atoms with van der Waals surface area (Å²) in [7, 11) is 1.66. The van der Waals surface area contributed by atoms with E-state index in [-0.39, 0.29) is 6.04 Å². The van der Waals surface area contributed by atoms with Crippen molar-refractivity contribution < 1.29 is 9.53 Å². The number of carbonyl (C=O) groups excluding carboxylic acids is 1. The van der Waals surface area contributed by atoms with E-state index in [2.05, 4.69) is 10.3 Å². The maximum Gasteiger partial charge on any atom is 0.312 e. The highest BCUT2D eigenvalue weighted by Gasteiger charge is 2.26. The van der Waals surface area contributed by atoms with Crippen LogP contribution in [0.2, 0.25) is 0 Å². The minimum Gasteiger partial charge on any atom is -0.497 e. The van der Waals surface area contributed by atoms with Crippen molar-refractivity contribution in [1.82, 2.24) is 10.3 Å². The lowest BCUT2D eigenvalue weighted by Gasteiger charge is -2.09. The first-order chi connectivity index (χ1) is 8.67. The number of aromatic amines is 1. The fourth-order valence-electron chi connectivity index (χ4n) is 2.69. The second-order valence-corrected chi connectivity index (χ2v) is 4.61. The first-order valence-corrected chi connectivity index (χ1v) is 5.91. The van der Waals surface area contributed by atoms with E-state index in [1.165, 1.54) is 11.3 Å². The van der Waals surface area contributed by atoms with Crippen molar-refractivity contribution in [1.29, 1.82) is 0 Å². The molecule has 0 bridgehead atoms. The Morgan fingerprint density at radius 2 is 2.33 bits per heavy atom. The molecule has 1 aliphatic carbocycles. The second-order valence-electron chi connectivity index (χ2n) is 4.61. The number of nitrogens with one attached hydrogen (secondary N) is 2. The lowest BCUT2D eigenvalue weighted by atomic mass is 10.1. The molecule has 1 atom stereocenters. The van der Waals surface area contributed by atoms with Crippen LogP contribution in [-0.2, 0) is 12.8 Å². The third-order valence-corrected chi connectivity index (χ3v) is 3.45. The minimum atomic E-state index is -0.466. The van der Waals surface area contributed by atoms with Crippen molar-refractivity contribution in [3.05, 3.63) is 29.5 Å². The highest BCUT2D eigenvalue weighted by atomic mass is 16.5. The molecule has 1 aromatic heterocycles. The Kier molecular flexibility index (Phi) is 2.40. The zero-order chi connectivity index (χ0) is 12.7. The van der Waals surface area contributed by atoms with Crippen LogP contribution in [0, 0.1) is 0 Å². The van der Waals surface area contributed by atoms with Gasteiger partial charge in [0.05, 0.1) is 7.11 Å². The average molecular weight is 245 g/mol. The lowest BCUT2D eigenvalue weighted by molar-refractivity contribution is 0.245. The predicted molar refractivity (Wildman–Crippen MR) is 68.8 cm³/mol. The molecule has 0 saturated carbocycles. The van der Waals surface area contributed by atoms with E-state index >= 15 is 0 Å². The molecular formula is C13H15N3O2. The van der Waals surface area contributed by atoms with Gasteiger partial charge in [0.25, 0.3) is 0 Å². The highest BCUT2D eigenvalue weighted by molar-refractivity contribution is 5.87. The standard InChI is InChI=1S/C13H15N3O2/c1-18-8-2-3-11-10(6-8)9-4-7(15-13(14)17)5-12(9)16-11/h2-3,6-7,16H,4-5H2,1H3,(H3,14,15,17). The van der Waals surface area contributed by atoms with Crippen LogP contribution >= 0.6 is 0 Å². The number of urea groups is 1. The zero-order valence-electron chi connectivity index (χ0n) is 10.1. The van der Waals surface area contributed by atoms with Gasteiger partial charge in [-0.05, 0) is 30.2 Å². The summed E-state index contributed by atoms with van der Waals surface area (Å²) >= 11 is 0. The summed E-state index contributed by atoms with van der Waals surface area (Å²) in [5, 5.41) is 3.92. The van der Waals surface area contributed by atoms with Crippen molar-refractivity contribution >= 4 is 16.9 Å². The van der Waals surface area contributed by atoms with Crippen molar-refractivity contribution in [2.24, 2.45) is 5.73 Å². The van der Waals surface area contributed by atoms with Gasteiger partial charge in [-0.1, -0.05) is 0 Å². The molecule has 0 aliphatic heterocycles. The molecule has 0 saturated heterocycles. The quantitative estimate of drug-likeness (QED) is 0.745. The number of aromatic nitrogens is 1. The molecule has 0 radical (unpaired) electrons. The van der Waals surface area contributed by atoms with Crippen LogP contribution in [0.1, 0.15) is 11.3 Å². The molecule has 5 heteroatoms. The number of methoxy groups -OCH3 is 1. The number of hydrogen-bond acceptors (Lipinski definition) is 2. The molecule has 3 rings (SSSR count). The van der Waals surface area contributed by atoms with E-state index in [1.807, 2.05) is 18.2 Å². The van der Waals surface area contributed by atoms with Gasteiger partial charge in [0, 0.05) is 29.1 Å². The Bertz CT molecular complexity index is 618. The van der Waals surface area contributed by atoms with E-state index < -0.39 is 6.03 Å². The number of ether oxygens (including phenoxy) is 1. The Balaban J connectivity index is 1.97. The summed E-state index contributed by atoms with van der Waals surface area (Å²) in [5.74, 6) is 0.843. The first-order valence-electron chi connectivity index (χ1n) is 5.91. The molecule has 0 spiro atoms. The summed E-state index contributed by atoms with van der Waals surface area (Å²) in [6.07, 6.45) is 1.61. The molecule has 5 nitrogen and oxygen atoms in total. The Hall–Kier alpha value is -2.17. The number of rotatable bonds is 2. The Labute approximate surface area is 104 Å². The average Bonchev–Trinajstić information content (AvgIpc) is 2.84. The molecule has 2 amide bonds. The second kappa shape index (κ2) is 3.94. The minimum absolute atomic E-state index is 0.0966. The summed E-state index contributed by atoms with van der Waals surface area (Å²) < 4.78 is 5.24. The number of H-pyrrole nitrogens is 1. The molecule has 0 fully saturated rings. The molecule has 18 heavy (non-hydrogen) atoms. The maximum absolute atomic E-state index is 10.9. The molecule has 1 heterocycles. The van der Waals surface area contributed by atoms with Crippen LogP contribution in [0.15, 0.2) is 18.2 Å². The molecule has 2 aromatic rings. The van der Waals surface area contributed by atoms with Gasteiger partial charge in [0.15, 0.2) is 0 Å². The van der Waals surface area contributed by atoms with Crippen LogP contribution in [0.5, 0.6) is 5.75 Å². The van der Waals surface area contributed by atoms with Crippen molar-refractivity contribution in [3.63, 3.8) is 0 Å². The number of benzene rings is 1. The van der Waals surface area contributed by atoms with Crippen molar-refractivity contribution in [2.75, 3.05) is 7.11 Å². The predicted octanol–water partition coefficient (Wildman–Crippen LogP) is 1.31. The zero-order valence-corrected chi connectivity index (χ0v) is 10.1. The number of hydrogen-bond donors (Lipinski definition) is 3. The summed E-state index contributed by atoms with van der Waals surface area (Å²) in [5.41, 5.74) is 8.69. The molecule has 1 aliphatic rings. The number of carbonyl (C=O) groups is 1. The van der Waals surface area contributed by atoms with Crippen LogP contribution < -0.4 is 15.8 Å². The molecule has 1 unspecified atom stereocenters. The maximum atomic E-state index is 10.9. The van der Waals surface area contributed by atoms with Crippen molar-refractivity contribution in [3.8, 4) is 5.75 Å². The largest absolute Gasteiger partial charge is 0.497 e. The normalized spacial score (nSPS) is 17.7. The molecule has 1 aromatic carbocycles. The summed E-state index contributed by atoms with van der Waals surface area (Å²) in [6, 6.07) is 5.61. The van der Waals surface area contributed by atoms with Crippen molar-refractivity contribution in [2.45, 2.75) is 18.9 Å². The monoisotopic (exact) mass is 245 g/mol. The van der Waals surface area contributed by atoms with Gasteiger partial charge < -0.3 is 20.8 Å². The van der Waals surface area contributed by atoms with E-state index in [0.717, 1.165) is 29.5 Å². The van der Waals surface area contributed by atoms with Gasteiger partial charge in [-0.15, -0.1) is 0 Å². The Morgan fingerprint density at radius 3 is 3.06 bits per heavy atom. The number of fused-ring (bicyclic) bond motifs is 3. The number of primary amides is 1. The third kappa shape index (κ3) is 1.68. The first kappa shape index (κ1) is 11.0. The SMILES string of the molecule is COc1ccc2[nH]c3c(c2c1)CC(NC(N)=O)C3.